The Labute approximate surface area is 207 Å². The highest BCUT2D eigenvalue weighted by atomic mass is 19.1. The molecule has 2 atom stereocenters. The lowest BCUT2D eigenvalue weighted by molar-refractivity contribution is 0.102. The molecule has 0 radical (unpaired) electrons. The number of carbonyl (C=O) groups excluding carboxylic acids is 1. The number of carbonyl (C=O) groups is 1. The number of anilines is 2. The third-order valence-electron chi connectivity index (χ3n) is 6.79. The minimum Gasteiger partial charge on any atom is -0.467 e. The lowest BCUT2D eigenvalue weighted by Crippen LogP contribution is -2.54. The molecule has 2 aliphatic rings. The van der Waals surface area contributed by atoms with E-state index in [1.165, 1.54) is 13.2 Å². The third kappa shape index (κ3) is 4.11. The van der Waals surface area contributed by atoms with Crippen LogP contribution in [0.25, 0.3) is 21.8 Å². The number of benzene rings is 2. The SMILES string of the molecule is COc1ncc2c(N3CC(C)NC(C)C3)ccc(C(=O)Nc3cc(F)c4nn(C5CC5)cc4c3)c2n1. The molecule has 6 rings (SSSR count). The van der Waals surface area contributed by atoms with Crippen LogP contribution in [-0.2, 0) is 0 Å². The highest BCUT2D eigenvalue weighted by molar-refractivity contribution is 6.14. The highest BCUT2D eigenvalue weighted by Crippen LogP contribution is 2.36. The molecule has 2 N–H and O–H groups in total. The molecule has 1 saturated carbocycles. The van der Waals surface area contributed by atoms with E-state index >= 15 is 0 Å². The summed E-state index contributed by atoms with van der Waals surface area (Å²) in [6, 6.07) is 7.91. The fourth-order valence-corrected chi connectivity index (χ4v) is 5.08. The smallest absolute Gasteiger partial charge is 0.316 e. The van der Waals surface area contributed by atoms with E-state index in [0.717, 1.165) is 37.0 Å². The van der Waals surface area contributed by atoms with E-state index < -0.39 is 5.82 Å². The maximum Gasteiger partial charge on any atom is 0.316 e. The van der Waals surface area contributed by atoms with E-state index in [2.05, 4.69) is 44.4 Å². The van der Waals surface area contributed by atoms with Gasteiger partial charge in [-0.2, -0.15) is 10.1 Å². The number of nitrogens with one attached hydrogen (secondary N) is 2. The summed E-state index contributed by atoms with van der Waals surface area (Å²) in [6.45, 7) is 5.95. The summed E-state index contributed by atoms with van der Waals surface area (Å²) in [5, 5.41) is 12.2. The second kappa shape index (κ2) is 8.70. The minimum absolute atomic E-state index is 0.177. The van der Waals surface area contributed by atoms with E-state index in [0.29, 0.717) is 45.8 Å². The highest BCUT2D eigenvalue weighted by Gasteiger charge is 2.26. The Hall–Kier alpha value is -3.79. The molecule has 4 aromatic rings. The summed E-state index contributed by atoms with van der Waals surface area (Å²) >= 11 is 0. The van der Waals surface area contributed by atoms with Gasteiger partial charge in [0.05, 0.1) is 24.2 Å². The van der Waals surface area contributed by atoms with Crippen LogP contribution in [-0.4, -0.2) is 57.9 Å². The number of rotatable bonds is 5. The van der Waals surface area contributed by atoms with E-state index in [1.54, 1.807) is 18.3 Å². The molecular weight excluding hydrogens is 461 g/mol. The molecule has 10 heteroatoms. The van der Waals surface area contributed by atoms with E-state index in [1.807, 2.05) is 16.9 Å². The van der Waals surface area contributed by atoms with Crippen LogP contribution in [0.2, 0.25) is 0 Å². The van der Waals surface area contributed by atoms with Gasteiger partial charge in [0.2, 0.25) is 0 Å². The second-order valence-electron chi connectivity index (χ2n) is 9.82. The predicted molar refractivity (Wildman–Crippen MR) is 136 cm³/mol. The summed E-state index contributed by atoms with van der Waals surface area (Å²) in [5.74, 6) is -0.851. The van der Waals surface area contributed by atoms with Gasteiger partial charge in [-0.05, 0) is 51.0 Å². The van der Waals surface area contributed by atoms with Crippen molar-refractivity contribution in [3.8, 4) is 6.01 Å². The monoisotopic (exact) mass is 489 g/mol. The molecule has 1 aliphatic heterocycles. The summed E-state index contributed by atoms with van der Waals surface area (Å²) in [7, 11) is 1.49. The van der Waals surface area contributed by atoms with Gasteiger partial charge >= 0.3 is 6.01 Å². The number of hydrogen-bond acceptors (Lipinski definition) is 7. The number of methoxy groups -OCH3 is 1. The minimum atomic E-state index is -0.464. The van der Waals surface area contributed by atoms with Crippen LogP contribution in [0.15, 0.2) is 36.7 Å². The molecular formula is C26H28FN7O2. The standard InChI is InChI=1S/C26H28FN7O2/c1-14-11-33(12-15(2)29-14)22-7-6-19(24-20(22)10-28-26(31-24)36-3)25(35)30-17-8-16-13-34(18-4-5-18)32-23(16)21(27)9-17/h6-10,13-15,18,29H,4-5,11-12H2,1-3H3,(H,30,35). The topological polar surface area (TPSA) is 97.2 Å². The van der Waals surface area contributed by atoms with Crippen LogP contribution >= 0.6 is 0 Å². The predicted octanol–water partition coefficient (Wildman–Crippen LogP) is 3.90. The Bertz CT molecular complexity index is 1470. The lowest BCUT2D eigenvalue weighted by Gasteiger charge is -2.38. The van der Waals surface area contributed by atoms with Gasteiger partial charge in [-0.15, -0.1) is 0 Å². The fraction of sp³-hybridized carbons (Fsp3) is 0.385. The molecule has 2 aromatic heterocycles. The van der Waals surface area contributed by atoms with Gasteiger partial charge in [0.25, 0.3) is 5.91 Å². The summed E-state index contributed by atoms with van der Waals surface area (Å²) in [6.07, 6.45) is 5.64. The quantitative estimate of drug-likeness (QED) is 0.439. The van der Waals surface area contributed by atoms with Gasteiger partial charge in [-0.3, -0.25) is 9.48 Å². The molecule has 1 aliphatic carbocycles. The molecule has 0 spiro atoms. The normalized spacial score (nSPS) is 20.2. The summed E-state index contributed by atoms with van der Waals surface area (Å²) < 4.78 is 21.9. The largest absolute Gasteiger partial charge is 0.467 e. The van der Waals surface area contributed by atoms with Crippen molar-refractivity contribution in [2.75, 3.05) is 30.4 Å². The number of halogens is 1. The zero-order valence-corrected chi connectivity index (χ0v) is 20.5. The molecule has 0 bridgehead atoms. The Morgan fingerprint density at radius 3 is 2.67 bits per heavy atom. The van der Waals surface area contributed by atoms with Crippen LogP contribution in [0.5, 0.6) is 6.01 Å². The van der Waals surface area contributed by atoms with Crippen LogP contribution in [0.1, 0.15) is 43.1 Å². The van der Waals surface area contributed by atoms with Gasteiger partial charge in [-0.1, -0.05) is 0 Å². The molecule has 186 valence electrons. The van der Waals surface area contributed by atoms with Gasteiger partial charge in [0.15, 0.2) is 5.82 Å². The van der Waals surface area contributed by atoms with Crippen LogP contribution in [0, 0.1) is 5.82 Å². The molecule has 1 saturated heterocycles. The van der Waals surface area contributed by atoms with E-state index in [9.17, 15) is 9.18 Å². The Morgan fingerprint density at radius 2 is 1.94 bits per heavy atom. The van der Waals surface area contributed by atoms with Gasteiger partial charge in [-0.25, -0.2) is 9.37 Å². The average Bonchev–Trinajstić information content (AvgIpc) is 3.61. The van der Waals surface area contributed by atoms with Crippen molar-refractivity contribution < 1.29 is 13.9 Å². The average molecular weight is 490 g/mol. The first kappa shape index (κ1) is 22.7. The maximum atomic E-state index is 14.8. The van der Waals surface area contributed by atoms with E-state index in [-0.39, 0.29) is 11.9 Å². The Morgan fingerprint density at radius 1 is 1.17 bits per heavy atom. The first-order valence-electron chi connectivity index (χ1n) is 12.2. The summed E-state index contributed by atoms with van der Waals surface area (Å²) in [4.78, 5) is 24.5. The number of piperazine rings is 1. The van der Waals surface area contributed by atoms with Crippen molar-refractivity contribution in [2.24, 2.45) is 0 Å². The number of nitrogens with zero attached hydrogens (tertiary/aromatic N) is 5. The number of aromatic nitrogens is 4. The number of fused-ring (bicyclic) bond motifs is 2. The Balaban J connectivity index is 1.36. The van der Waals surface area contributed by atoms with Crippen molar-refractivity contribution in [1.29, 1.82) is 0 Å². The third-order valence-corrected chi connectivity index (χ3v) is 6.79. The van der Waals surface area contributed by atoms with Crippen molar-refractivity contribution in [2.45, 2.75) is 44.8 Å². The van der Waals surface area contributed by atoms with Crippen molar-refractivity contribution >= 4 is 39.1 Å². The molecule has 2 aromatic carbocycles. The second-order valence-corrected chi connectivity index (χ2v) is 9.82. The van der Waals surface area contributed by atoms with Gasteiger partial charge in [0.1, 0.15) is 5.52 Å². The maximum absolute atomic E-state index is 14.8. The fourth-order valence-electron chi connectivity index (χ4n) is 5.08. The number of ether oxygens (including phenoxy) is 1. The summed E-state index contributed by atoms with van der Waals surface area (Å²) in [5.41, 5.74) is 2.48. The van der Waals surface area contributed by atoms with Gasteiger partial charge < -0.3 is 20.3 Å². The molecule has 9 nitrogen and oxygen atoms in total. The zero-order chi connectivity index (χ0) is 25.0. The molecule has 2 fully saturated rings. The number of amides is 1. The molecule has 3 heterocycles. The molecule has 1 amide bonds. The zero-order valence-electron chi connectivity index (χ0n) is 20.5. The number of hydrogen-bond donors (Lipinski definition) is 2. The van der Waals surface area contributed by atoms with Crippen LogP contribution in [0.4, 0.5) is 15.8 Å². The lowest BCUT2D eigenvalue weighted by atomic mass is 10.0. The van der Waals surface area contributed by atoms with E-state index in [4.69, 9.17) is 4.74 Å². The first-order chi connectivity index (χ1) is 17.4. The van der Waals surface area contributed by atoms with Crippen LogP contribution in [0.3, 0.4) is 0 Å². The van der Waals surface area contributed by atoms with Crippen LogP contribution < -0.4 is 20.3 Å². The Kier molecular flexibility index (Phi) is 5.48. The first-order valence-corrected chi connectivity index (χ1v) is 12.2. The molecule has 36 heavy (non-hydrogen) atoms. The van der Waals surface area contributed by atoms with Crippen molar-refractivity contribution in [3.05, 3.63) is 48.0 Å². The van der Waals surface area contributed by atoms with Gasteiger partial charge in [0, 0.05) is 59.7 Å². The van der Waals surface area contributed by atoms with Crippen molar-refractivity contribution in [1.82, 2.24) is 25.1 Å². The van der Waals surface area contributed by atoms with Crippen molar-refractivity contribution in [3.63, 3.8) is 0 Å². The molecule has 2 unspecified atom stereocenters.